The molecule has 0 spiro atoms. The molecular formula is C13H13AsO2. The number of hydrogen-bond acceptors (Lipinski definition) is 1. The van der Waals surface area contributed by atoms with E-state index in [4.69, 9.17) is 0 Å². The first-order valence-corrected chi connectivity index (χ1v) is 8.97. The second kappa shape index (κ2) is 4.73. The molecule has 1 unspecified atom stereocenters. The minimum atomic E-state index is -3.93. The molecule has 0 aliphatic carbocycles. The minimum absolute atomic E-state index is 0.253. The zero-order valence-corrected chi connectivity index (χ0v) is 10.7. The fraction of sp³-hybridized carbons (Fsp3) is 0.0769. The van der Waals surface area contributed by atoms with Gasteiger partial charge < -0.3 is 0 Å². The van der Waals surface area contributed by atoms with E-state index in [9.17, 15) is 7.84 Å². The second-order valence-corrected chi connectivity index (χ2v) is 8.37. The predicted octanol–water partition coefficient (Wildman–Crippen LogP) is 1.54. The van der Waals surface area contributed by atoms with Gasteiger partial charge in [-0.05, 0) is 0 Å². The molecule has 3 heteroatoms. The van der Waals surface area contributed by atoms with Gasteiger partial charge in [0.2, 0.25) is 0 Å². The van der Waals surface area contributed by atoms with Crippen LogP contribution in [-0.4, -0.2) is 17.9 Å². The normalized spacial score (nSPS) is 14.3. The van der Waals surface area contributed by atoms with Crippen LogP contribution in [0.15, 0.2) is 60.7 Å². The van der Waals surface area contributed by atoms with Gasteiger partial charge in [-0.25, -0.2) is 0 Å². The van der Waals surface area contributed by atoms with Crippen molar-refractivity contribution in [2.24, 2.45) is 0 Å². The van der Waals surface area contributed by atoms with Crippen LogP contribution in [0, 0.1) is 0 Å². The summed E-state index contributed by atoms with van der Waals surface area (Å²) in [7, 11) is 0. The van der Waals surface area contributed by atoms with E-state index >= 15 is 0 Å². The fourth-order valence-electron chi connectivity index (χ4n) is 1.58. The van der Waals surface area contributed by atoms with E-state index in [0.29, 0.717) is 4.35 Å². The van der Waals surface area contributed by atoms with Gasteiger partial charge in [0.25, 0.3) is 0 Å². The van der Waals surface area contributed by atoms with E-state index in [2.05, 4.69) is 0 Å². The Bertz CT molecular complexity index is 494. The average Bonchev–Trinajstić information content (AvgIpc) is 2.31. The zero-order valence-electron chi connectivity index (χ0n) is 8.78. The summed E-state index contributed by atoms with van der Waals surface area (Å²) in [5.41, 5.74) is 0.913. The number of benzene rings is 2. The van der Waals surface area contributed by atoms with Crippen molar-refractivity contribution in [3.8, 4) is 0 Å². The van der Waals surface area contributed by atoms with E-state index in [-0.39, 0.29) is 5.21 Å². The van der Waals surface area contributed by atoms with Gasteiger partial charge in [0.1, 0.15) is 0 Å². The van der Waals surface area contributed by atoms with E-state index in [0.717, 1.165) is 5.56 Å². The van der Waals surface area contributed by atoms with E-state index in [1.54, 1.807) is 24.3 Å². The SMILES string of the molecule is O=[As](O)(Cc1ccccc1)c1ccccc1. The second-order valence-electron chi connectivity index (χ2n) is 3.68. The standard InChI is InChI=1S/C13H13AsO2/c15-14(16,13-9-5-2-6-10-13)11-12-7-3-1-4-8-12/h1-10H,11H2,(H,15,16). The Morgan fingerprint density at radius 1 is 0.875 bits per heavy atom. The van der Waals surface area contributed by atoms with Crippen LogP contribution >= 0.6 is 0 Å². The summed E-state index contributed by atoms with van der Waals surface area (Å²) in [5, 5.41) is 0.253. The monoisotopic (exact) mass is 276 g/mol. The van der Waals surface area contributed by atoms with Crippen molar-refractivity contribution in [2.75, 3.05) is 0 Å². The molecule has 0 heterocycles. The average molecular weight is 276 g/mol. The van der Waals surface area contributed by atoms with Gasteiger partial charge in [0.05, 0.1) is 0 Å². The summed E-state index contributed by atoms with van der Waals surface area (Å²) in [5.74, 6) is 0. The van der Waals surface area contributed by atoms with Crippen molar-refractivity contribution in [3.05, 3.63) is 66.2 Å². The van der Waals surface area contributed by atoms with Gasteiger partial charge in [-0.15, -0.1) is 0 Å². The molecule has 0 aliphatic heterocycles. The molecule has 0 radical (unpaired) electrons. The molecule has 0 saturated carbocycles. The molecule has 0 aliphatic rings. The molecule has 0 saturated heterocycles. The van der Waals surface area contributed by atoms with Gasteiger partial charge >= 0.3 is 97.5 Å². The summed E-state index contributed by atoms with van der Waals surface area (Å²) in [6.45, 7) is 0. The van der Waals surface area contributed by atoms with Gasteiger partial charge in [-0.3, -0.25) is 0 Å². The molecule has 16 heavy (non-hydrogen) atoms. The first-order chi connectivity index (χ1) is 7.68. The topological polar surface area (TPSA) is 37.3 Å². The van der Waals surface area contributed by atoms with E-state index < -0.39 is 13.8 Å². The molecule has 2 aromatic rings. The van der Waals surface area contributed by atoms with Crippen LogP contribution in [0.4, 0.5) is 0 Å². The van der Waals surface area contributed by atoms with Crippen LogP contribution in [0.25, 0.3) is 0 Å². The van der Waals surface area contributed by atoms with Crippen molar-refractivity contribution in [1.82, 2.24) is 0 Å². The molecule has 0 fully saturated rings. The molecule has 2 rings (SSSR count). The number of rotatable bonds is 3. The molecule has 82 valence electrons. The Morgan fingerprint density at radius 2 is 1.38 bits per heavy atom. The first kappa shape index (κ1) is 11.2. The Hall–Kier alpha value is -1.24. The van der Waals surface area contributed by atoms with Crippen LogP contribution in [0.2, 0.25) is 0 Å². The third kappa shape index (κ3) is 2.66. The maximum atomic E-state index is 12.2. The maximum absolute atomic E-state index is 12.2. The van der Waals surface area contributed by atoms with Gasteiger partial charge in [-0.1, -0.05) is 0 Å². The Morgan fingerprint density at radius 3 is 1.94 bits per heavy atom. The zero-order chi connectivity index (χ0) is 11.4. The first-order valence-electron chi connectivity index (χ1n) is 5.10. The Kier molecular flexibility index (Phi) is 3.33. The van der Waals surface area contributed by atoms with Gasteiger partial charge in [-0.2, -0.15) is 0 Å². The van der Waals surface area contributed by atoms with Crippen molar-refractivity contribution >= 4 is 18.2 Å². The van der Waals surface area contributed by atoms with Gasteiger partial charge in [0, 0.05) is 0 Å². The summed E-state index contributed by atoms with van der Waals surface area (Å²) >= 11 is -3.93. The van der Waals surface area contributed by atoms with Crippen LogP contribution in [0.5, 0.6) is 0 Å². The summed E-state index contributed by atoms with van der Waals surface area (Å²) in [6, 6.07) is 18.3. The van der Waals surface area contributed by atoms with Crippen LogP contribution in [-0.2, 0) is 8.95 Å². The Labute approximate surface area is 97.6 Å². The molecular weight excluding hydrogens is 263 g/mol. The van der Waals surface area contributed by atoms with Crippen LogP contribution < -0.4 is 4.35 Å². The summed E-state index contributed by atoms with van der Waals surface area (Å²) in [4.78, 5) is 0. The molecule has 0 aromatic heterocycles. The third-order valence-corrected chi connectivity index (χ3v) is 6.38. The molecule has 2 aromatic carbocycles. The fourth-order valence-corrected chi connectivity index (χ4v) is 4.79. The van der Waals surface area contributed by atoms with Gasteiger partial charge in [0.15, 0.2) is 0 Å². The van der Waals surface area contributed by atoms with Crippen LogP contribution in [0.3, 0.4) is 0 Å². The summed E-state index contributed by atoms with van der Waals surface area (Å²) < 4.78 is 22.8. The summed E-state index contributed by atoms with van der Waals surface area (Å²) in [6.07, 6.45) is 0. The quantitative estimate of drug-likeness (QED) is 0.863. The van der Waals surface area contributed by atoms with Crippen molar-refractivity contribution in [1.29, 1.82) is 0 Å². The van der Waals surface area contributed by atoms with Crippen molar-refractivity contribution < 1.29 is 7.84 Å². The van der Waals surface area contributed by atoms with E-state index in [1.165, 1.54) is 0 Å². The van der Waals surface area contributed by atoms with Crippen molar-refractivity contribution in [3.63, 3.8) is 0 Å². The molecule has 0 bridgehead atoms. The van der Waals surface area contributed by atoms with E-state index in [1.807, 2.05) is 36.4 Å². The number of hydrogen-bond donors (Lipinski definition) is 1. The third-order valence-electron chi connectivity index (χ3n) is 2.40. The van der Waals surface area contributed by atoms with Crippen LogP contribution in [0.1, 0.15) is 5.56 Å². The molecule has 0 amide bonds. The Balaban J connectivity index is 2.25. The predicted molar refractivity (Wildman–Crippen MR) is 64.9 cm³/mol. The van der Waals surface area contributed by atoms with Crippen molar-refractivity contribution in [2.45, 2.75) is 5.21 Å². The molecule has 2 nitrogen and oxygen atoms in total. The molecule has 1 atom stereocenters. The molecule has 1 N–H and O–H groups in total.